The first-order valence-electron chi connectivity index (χ1n) is 10.4. The van der Waals surface area contributed by atoms with Crippen molar-refractivity contribution in [2.24, 2.45) is 4.99 Å². The Kier molecular flexibility index (Phi) is 7.30. The predicted octanol–water partition coefficient (Wildman–Crippen LogP) is 5.23. The first-order valence-corrected chi connectivity index (χ1v) is 11.2. The van der Waals surface area contributed by atoms with E-state index in [1.165, 1.54) is 66.7 Å². The molecule has 1 aliphatic heterocycles. The number of aliphatic imine (C=N–C) groups is 1. The standard InChI is InChI=1S/C25H14BrN3O8/c26-18-6-11-22(36-23(30)12-3-15-1-7-19(8-2-15)28(32)33)17(13-18)14-21-25(31)37-24(27-21)16-4-9-20(10-5-16)29(34)35/h1-14H/b12-3+,21-14-. The number of hydrogen-bond donors (Lipinski definition) is 0. The van der Waals surface area contributed by atoms with Crippen LogP contribution >= 0.6 is 15.9 Å². The van der Waals surface area contributed by atoms with Gasteiger partial charge in [0.15, 0.2) is 5.70 Å². The summed E-state index contributed by atoms with van der Waals surface area (Å²) in [5.41, 5.74) is 1.03. The van der Waals surface area contributed by atoms with Crippen LogP contribution in [0, 0.1) is 20.2 Å². The van der Waals surface area contributed by atoms with Crippen LogP contribution in [0.4, 0.5) is 11.4 Å². The van der Waals surface area contributed by atoms with Gasteiger partial charge in [-0.1, -0.05) is 15.9 Å². The van der Waals surface area contributed by atoms with Crippen LogP contribution in [0.5, 0.6) is 5.75 Å². The summed E-state index contributed by atoms with van der Waals surface area (Å²) in [6.07, 6.45) is 3.99. The lowest BCUT2D eigenvalue weighted by molar-refractivity contribution is -0.385. The Morgan fingerprint density at radius 2 is 1.57 bits per heavy atom. The summed E-state index contributed by atoms with van der Waals surface area (Å²) < 4.78 is 11.3. The summed E-state index contributed by atoms with van der Waals surface area (Å²) in [5.74, 6) is -1.35. The molecular formula is C25H14BrN3O8. The molecule has 0 bridgehead atoms. The Hall–Kier alpha value is -4.97. The fourth-order valence-electron chi connectivity index (χ4n) is 3.14. The highest BCUT2D eigenvalue weighted by Crippen LogP contribution is 2.28. The molecule has 3 aromatic carbocycles. The molecule has 0 saturated heterocycles. The lowest BCUT2D eigenvalue weighted by Gasteiger charge is -2.06. The second-order valence-electron chi connectivity index (χ2n) is 7.43. The van der Waals surface area contributed by atoms with Crippen molar-refractivity contribution >= 4 is 57.3 Å². The number of benzene rings is 3. The van der Waals surface area contributed by atoms with Crippen LogP contribution in [-0.4, -0.2) is 27.7 Å². The zero-order valence-electron chi connectivity index (χ0n) is 18.6. The number of nitrogens with zero attached hydrogens (tertiary/aromatic N) is 3. The summed E-state index contributed by atoms with van der Waals surface area (Å²) >= 11 is 3.33. The average Bonchev–Trinajstić information content (AvgIpc) is 3.24. The SMILES string of the molecule is O=C(/C=C/c1ccc([N+](=O)[O-])cc1)Oc1ccc(Br)cc1/C=C1\N=C(c2ccc([N+](=O)[O-])cc2)OC1=O. The normalized spacial score (nSPS) is 13.9. The molecule has 0 aromatic heterocycles. The lowest BCUT2D eigenvalue weighted by atomic mass is 10.1. The molecule has 0 fully saturated rings. The van der Waals surface area contributed by atoms with Gasteiger partial charge in [-0.2, -0.15) is 0 Å². The number of carbonyl (C=O) groups is 2. The summed E-state index contributed by atoms with van der Waals surface area (Å²) in [7, 11) is 0. The number of non-ortho nitro benzene ring substituents is 2. The minimum Gasteiger partial charge on any atom is -0.423 e. The molecule has 0 unspecified atom stereocenters. The van der Waals surface area contributed by atoms with Gasteiger partial charge in [0.1, 0.15) is 5.75 Å². The average molecular weight is 564 g/mol. The predicted molar refractivity (Wildman–Crippen MR) is 136 cm³/mol. The molecule has 1 aliphatic rings. The van der Waals surface area contributed by atoms with Crippen molar-refractivity contribution in [3.8, 4) is 5.75 Å². The van der Waals surface area contributed by atoms with E-state index in [9.17, 15) is 29.8 Å². The van der Waals surface area contributed by atoms with Gasteiger partial charge >= 0.3 is 11.9 Å². The number of hydrogen-bond acceptors (Lipinski definition) is 9. The highest BCUT2D eigenvalue weighted by Gasteiger charge is 2.25. The first kappa shape index (κ1) is 25.1. The molecular weight excluding hydrogens is 550 g/mol. The number of ether oxygens (including phenoxy) is 2. The van der Waals surface area contributed by atoms with Crippen LogP contribution in [0.1, 0.15) is 16.7 Å². The number of cyclic esters (lactones) is 1. The lowest BCUT2D eigenvalue weighted by Crippen LogP contribution is -2.06. The smallest absolute Gasteiger partial charge is 0.363 e. The van der Waals surface area contributed by atoms with E-state index in [1.54, 1.807) is 12.1 Å². The monoisotopic (exact) mass is 563 g/mol. The Balaban J connectivity index is 1.54. The van der Waals surface area contributed by atoms with Gasteiger partial charge in [0.2, 0.25) is 5.90 Å². The van der Waals surface area contributed by atoms with Gasteiger partial charge in [-0.25, -0.2) is 14.6 Å². The maximum absolute atomic E-state index is 12.4. The third kappa shape index (κ3) is 6.18. The van der Waals surface area contributed by atoms with Crippen molar-refractivity contribution < 1.29 is 28.9 Å². The molecule has 12 heteroatoms. The molecule has 11 nitrogen and oxygen atoms in total. The van der Waals surface area contributed by atoms with Crippen LogP contribution in [-0.2, 0) is 14.3 Å². The highest BCUT2D eigenvalue weighted by molar-refractivity contribution is 9.10. The molecule has 0 aliphatic carbocycles. The number of esters is 2. The third-order valence-corrected chi connectivity index (χ3v) is 5.43. The van der Waals surface area contributed by atoms with Crippen molar-refractivity contribution in [1.82, 2.24) is 0 Å². The Labute approximate surface area is 216 Å². The van der Waals surface area contributed by atoms with E-state index in [0.29, 0.717) is 21.2 Å². The second-order valence-corrected chi connectivity index (χ2v) is 8.34. The van der Waals surface area contributed by atoms with Crippen molar-refractivity contribution in [3.05, 3.63) is 120 Å². The van der Waals surface area contributed by atoms with Crippen molar-refractivity contribution in [2.45, 2.75) is 0 Å². The molecule has 0 radical (unpaired) electrons. The van der Waals surface area contributed by atoms with E-state index >= 15 is 0 Å². The fourth-order valence-corrected chi connectivity index (χ4v) is 3.52. The molecule has 1 heterocycles. The molecule has 0 spiro atoms. The number of nitro groups is 2. The number of nitro benzene ring substituents is 2. The van der Waals surface area contributed by atoms with Crippen LogP contribution in [0.3, 0.4) is 0 Å². The van der Waals surface area contributed by atoms with Gasteiger partial charge < -0.3 is 9.47 Å². The molecule has 0 amide bonds. The maximum Gasteiger partial charge on any atom is 0.363 e. The number of halogens is 1. The van der Waals surface area contributed by atoms with Crippen LogP contribution in [0.2, 0.25) is 0 Å². The molecule has 37 heavy (non-hydrogen) atoms. The Morgan fingerprint density at radius 3 is 2.19 bits per heavy atom. The quantitative estimate of drug-likeness (QED) is 0.124. The number of carbonyl (C=O) groups excluding carboxylic acids is 2. The fraction of sp³-hybridized carbons (Fsp3) is 0. The van der Waals surface area contributed by atoms with Gasteiger partial charge in [0.05, 0.1) is 9.85 Å². The molecule has 184 valence electrons. The number of rotatable bonds is 7. The van der Waals surface area contributed by atoms with Gasteiger partial charge in [0.25, 0.3) is 11.4 Å². The summed E-state index contributed by atoms with van der Waals surface area (Å²) in [5, 5.41) is 21.6. The molecule has 4 rings (SSSR count). The van der Waals surface area contributed by atoms with Gasteiger partial charge in [-0.15, -0.1) is 0 Å². The molecule has 0 saturated carbocycles. The molecule has 0 N–H and O–H groups in total. The van der Waals surface area contributed by atoms with Crippen LogP contribution < -0.4 is 4.74 Å². The van der Waals surface area contributed by atoms with Crippen LogP contribution in [0.25, 0.3) is 12.2 Å². The molecule has 3 aromatic rings. The van der Waals surface area contributed by atoms with E-state index in [1.807, 2.05) is 0 Å². The van der Waals surface area contributed by atoms with Crippen molar-refractivity contribution in [3.63, 3.8) is 0 Å². The largest absolute Gasteiger partial charge is 0.423 e. The van der Waals surface area contributed by atoms with E-state index < -0.39 is 21.8 Å². The van der Waals surface area contributed by atoms with Gasteiger partial charge in [-0.05, 0) is 60.2 Å². The van der Waals surface area contributed by atoms with Gasteiger partial charge in [0, 0.05) is 45.9 Å². The maximum atomic E-state index is 12.4. The van der Waals surface area contributed by atoms with Crippen molar-refractivity contribution in [1.29, 1.82) is 0 Å². The first-order chi connectivity index (χ1) is 17.7. The highest BCUT2D eigenvalue weighted by atomic mass is 79.9. The topological polar surface area (TPSA) is 151 Å². The van der Waals surface area contributed by atoms with E-state index in [2.05, 4.69) is 20.9 Å². The molecule has 0 atom stereocenters. The van der Waals surface area contributed by atoms with Crippen molar-refractivity contribution in [2.75, 3.05) is 0 Å². The minimum absolute atomic E-state index is 0.0225. The Bertz CT molecular complexity index is 1510. The Morgan fingerprint density at radius 1 is 0.946 bits per heavy atom. The van der Waals surface area contributed by atoms with Gasteiger partial charge in [-0.3, -0.25) is 20.2 Å². The minimum atomic E-state index is -0.747. The van der Waals surface area contributed by atoms with E-state index in [4.69, 9.17) is 9.47 Å². The third-order valence-electron chi connectivity index (χ3n) is 4.94. The second kappa shape index (κ2) is 10.7. The zero-order valence-corrected chi connectivity index (χ0v) is 20.2. The summed E-state index contributed by atoms with van der Waals surface area (Å²) in [6.45, 7) is 0. The zero-order chi connectivity index (χ0) is 26.5. The summed E-state index contributed by atoms with van der Waals surface area (Å²) in [6, 6.07) is 15.8. The van der Waals surface area contributed by atoms with E-state index in [-0.39, 0.29) is 28.7 Å². The summed E-state index contributed by atoms with van der Waals surface area (Å²) in [4.78, 5) is 49.5. The van der Waals surface area contributed by atoms with Crippen LogP contribution in [0.15, 0.2) is 88.0 Å². The van der Waals surface area contributed by atoms with E-state index in [0.717, 1.165) is 6.08 Å².